The van der Waals surface area contributed by atoms with Crippen molar-refractivity contribution < 1.29 is 9.52 Å². The average molecular weight is 269 g/mol. The molecule has 1 aromatic carbocycles. The van der Waals surface area contributed by atoms with Crippen molar-refractivity contribution in [2.45, 2.75) is 26.4 Å². The molecule has 2 nitrogen and oxygen atoms in total. The van der Waals surface area contributed by atoms with Crippen LogP contribution in [-0.2, 0) is 6.42 Å². The Morgan fingerprint density at radius 2 is 2.20 bits per heavy atom. The first kappa shape index (κ1) is 10.7. The molecule has 1 aromatic heterocycles. The topological polar surface area (TPSA) is 33.4 Å². The summed E-state index contributed by atoms with van der Waals surface area (Å²) in [6.07, 6.45) is 0.200. The normalized spacial score (nSPS) is 13.3. The van der Waals surface area contributed by atoms with Gasteiger partial charge in [0.2, 0.25) is 0 Å². The fourth-order valence-corrected chi connectivity index (χ4v) is 2.07. The van der Waals surface area contributed by atoms with Crippen LogP contribution in [0.2, 0.25) is 0 Å². The third-order valence-electron chi connectivity index (χ3n) is 2.48. The first-order valence-corrected chi connectivity index (χ1v) is 5.73. The Kier molecular flexibility index (Phi) is 2.85. The van der Waals surface area contributed by atoms with Crippen LogP contribution in [0, 0.1) is 6.92 Å². The van der Waals surface area contributed by atoms with Crippen molar-refractivity contribution in [3.05, 3.63) is 34.0 Å². The van der Waals surface area contributed by atoms with Crippen LogP contribution in [0.15, 0.2) is 27.1 Å². The molecule has 0 bridgehead atoms. The van der Waals surface area contributed by atoms with E-state index < -0.39 is 0 Å². The van der Waals surface area contributed by atoms with Gasteiger partial charge in [-0.1, -0.05) is 15.9 Å². The highest BCUT2D eigenvalue weighted by atomic mass is 79.9. The molecule has 2 aromatic rings. The van der Waals surface area contributed by atoms with Gasteiger partial charge < -0.3 is 9.52 Å². The molecule has 0 aliphatic heterocycles. The van der Waals surface area contributed by atoms with Crippen LogP contribution in [0.5, 0.6) is 0 Å². The number of hydrogen-bond acceptors (Lipinski definition) is 2. The summed E-state index contributed by atoms with van der Waals surface area (Å²) in [6, 6.07) is 5.94. The van der Waals surface area contributed by atoms with Gasteiger partial charge in [-0.15, -0.1) is 0 Å². The maximum Gasteiger partial charge on any atom is 0.134 e. The van der Waals surface area contributed by atoms with Crippen LogP contribution >= 0.6 is 15.9 Å². The lowest BCUT2D eigenvalue weighted by atomic mass is 10.1. The van der Waals surface area contributed by atoms with Crippen molar-refractivity contribution in [1.82, 2.24) is 0 Å². The Morgan fingerprint density at radius 3 is 2.87 bits per heavy atom. The summed E-state index contributed by atoms with van der Waals surface area (Å²) < 4.78 is 6.73. The molecule has 15 heavy (non-hydrogen) atoms. The van der Waals surface area contributed by atoms with Gasteiger partial charge in [-0.05, 0) is 37.6 Å². The molecule has 2 rings (SSSR count). The molecule has 80 valence electrons. The van der Waals surface area contributed by atoms with Crippen LogP contribution in [-0.4, -0.2) is 11.2 Å². The van der Waals surface area contributed by atoms with Crippen molar-refractivity contribution >= 4 is 26.9 Å². The number of benzene rings is 1. The van der Waals surface area contributed by atoms with Gasteiger partial charge in [-0.3, -0.25) is 0 Å². The lowest BCUT2D eigenvalue weighted by Crippen LogP contribution is -2.03. The lowest BCUT2D eigenvalue weighted by Gasteiger charge is -2.00. The van der Waals surface area contributed by atoms with E-state index in [0.717, 1.165) is 26.8 Å². The highest BCUT2D eigenvalue weighted by Crippen LogP contribution is 2.28. The zero-order valence-electron chi connectivity index (χ0n) is 8.75. The van der Waals surface area contributed by atoms with E-state index >= 15 is 0 Å². The fraction of sp³-hybridized carbons (Fsp3) is 0.333. The number of rotatable bonds is 2. The van der Waals surface area contributed by atoms with Crippen LogP contribution in [0.25, 0.3) is 11.0 Å². The van der Waals surface area contributed by atoms with E-state index in [1.807, 2.05) is 25.1 Å². The van der Waals surface area contributed by atoms with Gasteiger partial charge in [0.15, 0.2) is 0 Å². The zero-order chi connectivity index (χ0) is 11.0. The van der Waals surface area contributed by atoms with Crippen LogP contribution in [0.3, 0.4) is 0 Å². The summed E-state index contributed by atoms with van der Waals surface area (Å²) in [7, 11) is 0. The molecule has 0 amide bonds. The number of aryl methyl sites for hydroxylation is 1. The van der Waals surface area contributed by atoms with Gasteiger partial charge in [0.25, 0.3) is 0 Å². The second kappa shape index (κ2) is 3.99. The predicted octanol–water partition coefficient (Wildman–Crippen LogP) is 3.43. The third kappa shape index (κ3) is 2.08. The van der Waals surface area contributed by atoms with Gasteiger partial charge in [0.1, 0.15) is 11.3 Å². The summed E-state index contributed by atoms with van der Waals surface area (Å²) in [5, 5.41) is 10.5. The van der Waals surface area contributed by atoms with E-state index in [0.29, 0.717) is 6.42 Å². The molecule has 0 fully saturated rings. The molecular weight excluding hydrogens is 256 g/mol. The fourth-order valence-electron chi connectivity index (χ4n) is 1.71. The quantitative estimate of drug-likeness (QED) is 0.906. The minimum absolute atomic E-state index is 0.368. The summed E-state index contributed by atoms with van der Waals surface area (Å²) in [4.78, 5) is 0. The summed E-state index contributed by atoms with van der Waals surface area (Å²) >= 11 is 3.44. The average Bonchev–Trinajstić information content (AvgIpc) is 2.44. The SMILES string of the molecule is Cc1c(CC(C)O)oc2ccc(Br)cc12. The molecule has 0 aliphatic carbocycles. The monoisotopic (exact) mass is 268 g/mol. The Labute approximate surface area is 97.0 Å². The van der Waals surface area contributed by atoms with Crippen molar-refractivity contribution in [3.8, 4) is 0 Å². The van der Waals surface area contributed by atoms with Gasteiger partial charge in [0, 0.05) is 16.3 Å². The maximum absolute atomic E-state index is 9.34. The van der Waals surface area contributed by atoms with E-state index in [-0.39, 0.29) is 6.10 Å². The van der Waals surface area contributed by atoms with Crippen molar-refractivity contribution in [2.24, 2.45) is 0 Å². The van der Waals surface area contributed by atoms with Gasteiger partial charge in [-0.25, -0.2) is 0 Å². The third-order valence-corrected chi connectivity index (χ3v) is 2.97. The zero-order valence-corrected chi connectivity index (χ0v) is 10.3. The minimum atomic E-state index is -0.368. The molecule has 1 unspecified atom stereocenters. The van der Waals surface area contributed by atoms with Crippen molar-refractivity contribution in [2.75, 3.05) is 0 Å². The van der Waals surface area contributed by atoms with Crippen molar-refractivity contribution in [3.63, 3.8) is 0 Å². The first-order valence-electron chi connectivity index (χ1n) is 4.93. The minimum Gasteiger partial charge on any atom is -0.461 e. The predicted molar refractivity (Wildman–Crippen MR) is 64.0 cm³/mol. The van der Waals surface area contributed by atoms with Crippen LogP contribution in [0.1, 0.15) is 18.2 Å². The maximum atomic E-state index is 9.34. The molecule has 0 radical (unpaired) electrons. The van der Waals surface area contributed by atoms with Crippen LogP contribution in [0.4, 0.5) is 0 Å². The summed E-state index contributed by atoms with van der Waals surface area (Å²) in [5.74, 6) is 0.873. The Balaban J connectivity index is 2.54. The standard InChI is InChI=1S/C12H13BrO2/c1-7(14)5-12-8(2)10-6-9(13)3-4-11(10)15-12/h3-4,6-7,14H,5H2,1-2H3. The molecule has 0 aliphatic rings. The van der Waals surface area contributed by atoms with Crippen molar-refractivity contribution in [1.29, 1.82) is 0 Å². The lowest BCUT2D eigenvalue weighted by molar-refractivity contribution is 0.188. The van der Waals surface area contributed by atoms with E-state index in [4.69, 9.17) is 4.42 Å². The number of halogens is 1. The highest BCUT2D eigenvalue weighted by molar-refractivity contribution is 9.10. The van der Waals surface area contributed by atoms with Crippen LogP contribution < -0.4 is 0 Å². The number of hydrogen-bond donors (Lipinski definition) is 1. The molecule has 1 atom stereocenters. The Morgan fingerprint density at radius 1 is 1.47 bits per heavy atom. The summed E-state index contributed by atoms with van der Waals surface area (Å²) in [5.41, 5.74) is 2.00. The highest BCUT2D eigenvalue weighted by Gasteiger charge is 2.12. The Bertz CT molecular complexity index is 486. The van der Waals surface area contributed by atoms with E-state index in [1.54, 1.807) is 6.92 Å². The number of furan rings is 1. The number of aliphatic hydroxyl groups excluding tert-OH is 1. The molecule has 3 heteroatoms. The molecule has 0 spiro atoms. The summed E-state index contributed by atoms with van der Waals surface area (Å²) in [6.45, 7) is 3.79. The molecule has 0 saturated heterocycles. The van der Waals surface area contributed by atoms with Gasteiger partial charge >= 0.3 is 0 Å². The van der Waals surface area contributed by atoms with E-state index in [9.17, 15) is 5.11 Å². The smallest absolute Gasteiger partial charge is 0.134 e. The molecule has 1 N–H and O–H groups in total. The number of aliphatic hydroxyl groups is 1. The molecule has 1 heterocycles. The number of fused-ring (bicyclic) bond motifs is 1. The molecular formula is C12H13BrO2. The second-order valence-electron chi connectivity index (χ2n) is 3.84. The first-order chi connectivity index (χ1) is 7.08. The largest absolute Gasteiger partial charge is 0.461 e. The molecule has 0 saturated carbocycles. The van der Waals surface area contributed by atoms with Gasteiger partial charge in [-0.2, -0.15) is 0 Å². The Hall–Kier alpha value is -0.800. The van der Waals surface area contributed by atoms with E-state index in [2.05, 4.69) is 15.9 Å². The van der Waals surface area contributed by atoms with Gasteiger partial charge in [0.05, 0.1) is 6.10 Å². The second-order valence-corrected chi connectivity index (χ2v) is 4.76. The van der Waals surface area contributed by atoms with E-state index in [1.165, 1.54) is 0 Å².